The second-order valence-corrected chi connectivity index (χ2v) is 6.08. The Labute approximate surface area is 147 Å². The second kappa shape index (κ2) is 7.23. The van der Waals surface area contributed by atoms with Crippen LogP contribution in [-0.4, -0.2) is 15.7 Å². The summed E-state index contributed by atoms with van der Waals surface area (Å²) in [4.78, 5) is 24.3. The molecule has 0 aliphatic carbocycles. The van der Waals surface area contributed by atoms with E-state index in [4.69, 9.17) is 0 Å². The third-order valence-electron chi connectivity index (χ3n) is 3.38. The van der Waals surface area contributed by atoms with E-state index >= 15 is 0 Å². The number of benzene rings is 2. The van der Waals surface area contributed by atoms with Crippen LogP contribution < -0.4 is 10.9 Å². The molecule has 0 saturated carbocycles. The molecule has 1 heterocycles. The van der Waals surface area contributed by atoms with Crippen LogP contribution in [0.3, 0.4) is 0 Å². The van der Waals surface area contributed by atoms with E-state index in [0.717, 1.165) is 10.0 Å². The first kappa shape index (κ1) is 16.1. The van der Waals surface area contributed by atoms with E-state index in [1.807, 2.05) is 42.5 Å². The molecule has 120 valence electrons. The first-order chi connectivity index (χ1) is 11.6. The van der Waals surface area contributed by atoms with E-state index < -0.39 is 0 Å². The topological polar surface area (TPSA) is 64.0 Å². The highest BCUT2D eigenvalue weighted by molar-refractivity contribution is 9.10. The molecule has 1 aromatic heterocycles. The van der Waals surface area contributed by atoms with E-state index in [1.54, 1.807) is 12.1 Å². The lowest BCUT2D eigenvalue weighted by Crippen LogP contribution is -2.26. The second-order valence-electron chi connectivity index (χ2n) is 5.16. The van der Waals surface area contributed by atoms with Crippen LogP contribution in [0.1, 0.15) is 16.1 Å². The maximum Gasteiger partial charge on any atom is 0.276 e. The molecule has 0 radical (unpaired) electrons. The minimum absolute atomic E-state index is 0.188. The number of hydrogen-bond acceptors (Lipinski definition) is 3. The Morgan fingerprint density at radius 2 is 1.71 bits per heavy atom. The molecule has 24 heavy (non-hydrogen) atoms. The molecule has 0 saturated heterocycles. The summed E-state index contributed by atoms with van der Waals surface area (Å²) in [5.41, 5.74) is 1.54. The zero-order valence-electron chi connectivity index (χ0n) is 12.6. The molecule has 0 unspecified atom stereocenters. The van der Waals surface area contributed by atoms with E-state index in [0.29, 0.717) is 12.2 Å². The normalized spacial score (nSPS) is 10.4. The molecule has 1 amide bonds. The highest BCUT2D eigenvalue weighted by atomic mass is 79.9. The van der Waals surface area contributed by atoms with Crippen molar-refractivity contribution in [2.24, 2.45) is 0 Å². The minimum atomic E-state index is -0.362. The molecule has 1 N–H and O–H groups in total. The van der Waals surface area contributed by atoms with Gasteiger partial charge in [0, 0.05) is 16.2 Å². The molecule has 5 nitrogen and oxygen atoms in total. The first-order valence-corrected chi connectivity index (χ1v) is 8.10. The van der Waals surface area contributed by atoms with Crippen molar-refractivity contribution in [2.45, 2.75) is 6.54 Å². The molecule has 3 aromatic rings. The Hall–Kier alpha value is -2.73. The monoisotopic (exact) mass is 383 g/mol. The Morgan fingerprint density at radius 3 is 2.42 bits per heavy atom. The third-order valence-corrected chi connectivity index (χ3v) is 3.91. The lowest BCUT2D eigenvalue weighted by Gasteiger charge is -2.08. The molecule has 0 aliphatic rings. The lowest BCUT2D eigenvalue weighted by atomic mass is 10.2. The number of aromatic nitrogens is 2. The summed E-state index contributed by atoms with van der Waals surface area (Å²) in [6.45, 7) is 0.319. The molecule has 0 spiro atoms. The minimum Gasteiger partial charge on any atom is -0.321 e. The highest BCUT2D eigenvalue weighted by Crippen LogP contribution is 2.14. The van der Waals surface area contributed by atoms with Gasteiger partial charge in [0.15, 0.2) is 0 Å². The Bertz CT molecular complexity index is 906. The molecule has 0 atom stereocenters. The summed E-state index contributed by atoms with van der Waals surface area (Å²) in [7, 11) is 0. The van der Waals surface area contributed by atoms with Gasteiger partial charge in [-0.15, -0.1) is 0 Å². The van der Waals surface area contributed by atoms with Crippen LogP contribution >= 0.6 is 15.9 Å². The number of carbonyl (C=O) groups excluding carboxylic acids is 1. The van der Waals surface area contributed by atoms with Crippen LogP contribution in [-0.2, 0) is 6.54 Å². The fourth-order valence-corrected chi connectivity index (χ4v) is 2.43. The number of halogens is 1. The van der Waals surface area contributed by atoms with Gasteiger partial charge in [-0.25, -0.2) is 4.68 Å². The maximum absolute atomic E-state index is 12.3. The Morgan fingerprint density at radius 1 is 1.00 bits per heavy atom. The van der Waals surface area contributed by atoms with Crippen LogP contribution in [0.5, 0.6) is 0 Å². The van der Waals surface area contributed by atoms with Crippen molar-refractivity contribution in [2.75, 3.05) is 5.32 Å². The van der Waals surface area contributed by atoms with Crippen molar-refractivity contribution in [1.82, 2.24) is 9.78 Å². The fourth-order valence-electron chi connectivity index (χ4n) is 2.17. The quantitative estimate of drug-likeness (QED) is 0.751. The largest absolute Gasteiger partial charge is 0.321 e. The number of anilines is 1. The number of amides is 1. The number of carbonyl (C=O) groups is 1. The average Bonchev–Trinajstić information content (AvgIpc) is 2.60. The summed E-state index contributed by atoms with van der Waals surface area (Å²) in [6, 6.07) is 19.5. The molecule has 6 heteroatoms. The molecule has 0 aliphatic heterocycles. The third kappa shape index (κ3) is 3.97. The fraction of sp³-hybridized carbons (Fsp3) is 0.0556. The number of nitrogens with one attached hydrogen (secondary N) is 1. The summed E-state index contributed by atoms with van der Waals surface area (Å²) in [5, 5.41) is 6.92. The van der Waals surface area contributed by atoms with E-state index in [2.05, 4.69) is 26.3 Å². The van der Waals surface area contributed by atoms with Crippen LogP contribution in [0.15, 0.2) is 76.0 Å². The molecular formula is C18H14BrN3O2. The van der Waals surface area contributed by atoms with Gasteiger partial charge in [0.05, 0.1) is 6.54 Å². The summed E-state index contributed by atoms with van der Waals surface area (Å²) >= 11 is 3.34. The lowest BCUT2D eigenvalue weighted by molar-refractivity contribution is 0.102. The number of rotatable bonds is 4. The van der Waals surface area contributed by atoms with Crippen molar-refractivity contribution in [3.05, 3.63) is 92.8 Å². The van der Waals surface area contributed by atoms with Crippen LogP contribution in [0.4, 0.5) is 5.69 Å². The van der Waals surface area contributed by atoms with Gasteiger partial charge in [-0.3, -0.25) is 9.59 Å². The van der Waals surface area contributed by atoms with E-state index in [-0.39, 0.29) is 17.2 Å². The highest BCUT2D eigenvalue weighted by Gasteiger charge is 2.10. The summed E-state index contributed by atoms with van der Waals surface area (Å²) in [6.07, 6.45) is 0. The zero-order valence-corrected chi connectivity index (χ0v) is 14.2. The van der Waals surface area contributed by atoms with Gasteiger partial charge in [-0.2, -0.15) is 5.10 Å². The molecule has 0 bridgehead atoms. The standard InChI is InChI=1S/C18H14BrN3O2/c19-14-6-8-15(9-7-14)20-18(24)16-10-11-17(23)22(21-16)12-13-4-2-1-3-5-13/h1-11H,12H2,(H,20,24). The van der Waals surface area contributed by atoms with E-state index in [9.17, 15) is 9.59 Å². The predicted octanol–water partition coefficient (Wildman–Crippen LogP) is 3.31. The molecule has 0 fully saturated rings. The van der Waals surface area contributed by atoms with Gasteiger partial charge in [-0.05, 0) is 35.9 Å². The predicted molar refractivity (Wildman–Crippen MR) is 96.1 cm³/mol. The SMILES string of the molecule is O=C(Nc1ccc(Br)cc1)c1ccc(=O)n(Cc2ccccc2)n1. The van der Waals surface area contributed by atoms with Crippen LogP contribution in [0, 0.1) is 0 Å². The summed E-state index contributed by atoms with van der Waals surface area (Å²) < 4.78 is 2.21. The Balaban J connectivity index is 1.81. The van der Waals surface area contributed by atoms with Gasteiger partial charge >= 0.3 is 0 Å². The average molecular weight is 384 g/mol. The van der Waals surface area contributed by atoms with Gasteiger partial charge < -0.3 is 5.32 Å². The van der Waals surface area contributed by atoms with Gasteiger partial charge in [0.2, 0.25) is 0 Å². The van der Waals surface area contributed by atoms with E-state index in [1.165, 1.54) is 16.8 Å². The van der Waals surface area contributed by atoms with Crippen molar-refractivity contribution >= 4 is 27.5 Å². The molecule has 2 aromatic carbocycles. The van der Waals surface area contributed by atoms with Crippen molar-refractivity contribution in [1.29, 1.82) is 0 Å². The van der Waals surface area contributed by atoms with Crippen molar-refractivity contribution in [3.63, 3.8) is 0 Å². The molecular weight excluding hydrogens is 370 g/mol. The van der Waals surface area contributed by atoms with Crippen molar-refractivity contribution < 1.29 is 4.79 Å². The smallest absolute Gasteiger partial charge is 0.276 e. The molecule has 3 rings (SSSR count). The Kier molecular flexibility index (Phi) is 4.86. The number of hydrogen-bond donors (Lipinski definition) is 1. The van der Waals surface area contributed by atoms with Crippen LogP contribution in [0.25, 0.3) is 0 Å². The zero-order chi connectivity index (χ0) is 16.9. The maximum atomic E-state index is 12.3. The van der Waals surface area contributed by atoms with Crippen molar-refractivity contribution in [3.8, 4) is 0 Å². The van der Waals surface area contributed by atoms with Crippen LogP contribution in [0.2, 0.25) is 0 Å². The number of nitrogens with zero attached hydrogens (tertiary/aromatic N) is 2. The van der Waals surface area contributed by atoms with Gasteiger partial charge in [0.25, 0.3) is 11.5 Å². The first-order valence-electron chi connectivity index (χ1n) is 7.31. The van der Waals surface area contributed by atoms with Gasteiger partial charge in [-0.1, -0.05) is 46.3 Å². The summed E-state index contributed by atoms with van der Waals surface area (Å²) in [5.74, 6) is -0.362. The van der Waals surface area contributed by atoms with Gasteiger partial charge in [0.1, 0.15) is 5.69 Å².